The number of ketones is 1. The van der Waals surface area contributed by atoms with Crippen LogP contribution in [0.2, 0.25) is 0 Å². The second-order valence-corrected chi connectivity index (χ2v) is 4.59. The van der Waals surface area contributed by atoms with E-state index in [1.54, 1.807) is 32.4 Å². The van der Waals surface area contributed by atoms with E-state index in [1.165, 1.54) is 0 Å². The van der Waals surface area contributed by atoms with Gasteiger partial charge in [-0.15, -0.1) is 0 Å². The SMILES string of the molecule is CCCC(C)CC(=O)c1cc(OC)ccc1OC. The highest BCUT2D eigenvalue weighted by molar-refractivity contribution is 5.99. The first-order valence-electron chi connectivity index (χ1n) is 6.37. The normalized spacial score (nSPS) is 12.0. The summed E-state index contributed by atoms with van der Waals surface area (Å²) in [7, 11) is 3.17. The molecule has 0 aromatic heterocycles. The molecule has 3 heteroatoms. The number of carbonyl (C=O) groups excluding carboxylic acids is 1. The zero-order valence-electron chi connectivity index (χ0n) is 11.7. The molecule has 1 aromatic carbocycles. The minimum atomic E-state index is 0.117. The van der Waals surface area contributed by atoms with Gasteiger partial charge >= 0.3 is 0 Å². The number of hydrogen-bond donors (Lipinski definition) is 0. The number of ether oxygens (including phenoxy) is 2. The summed E-state index contributed by atoms with van der Waals surface area (Å²) in [6, 6.07) is 5.32. The van der Waals surface area contributed by atoms with E-state index in [4.69, 9.17) is 9.47 Å². The number of benzene rings is 1. The number of hydrogen-bond acceptors (Lipinski definition) is 3. The van der Waals surface area contributed by atoms with Gasteiger partial charge in [0.1, 0.15) is 11.5 Å². The fraction of sp³-hybridized carbons (Fsp3) is 0.533. The minimum absolute atomic E-state index is 0.117. The van der Waals surface area contributed by atoms with Crippen LogP contribution in [0.15, 0.2) is 18.2 Å². The van der Waals surface area contributed by atoms with Gasteiger partial charge < -0.3 is 9.47 Å². The van der Waals surface area contributed by atoms with Crippen molar-refractivity contribution < 1.29 is 14.3 Å². The smallest absolute Gasteiger partial charge is 0.167 e. The fourth-order valence-corrected chi connectivity index (χ4v) is 2.05. The lowest BCUT2D eigenvalue weighted by atomic mass is 9.95. The van der Waals surface area contributed by atoms with Crippen molar-refractivity contribution >= 4 is 5.78 Å². The first kappa shape index (κ1) is 14.6. The summed E-state index contributed by atoms with van der Waals surface area (Å²) in [4.78, 5) is 12.2. The van der Waals surface area contributed by atoms with E-state index in [-0.39, 0.29) is 5.78 Å². The van der Waals surface area contributed by atoms with Gasteiger partial charge in [-0.1, -0.05) is 26.7 Å². The maximum atomic E-state index is 12.2. The Hall–Kier alpha value is -1.51. The van der Waals surface area contributed by atoms with E-state index in [0.29, 0.717) is 29.4 Å². The molecule has 0 aliphatic rings. The minimum Gasteiger partial charge on any atom is -0.497 e. The molecule has 100 valence electrons. The van der Waals surface area contributed by atoms with E-state index < -0.39 is 0 Å². The van der Waals surface area contributed by atoms with Crippen LogP contribution in [0.1, 0.15) is 43.5 Å². The van der Waals surface area contributed by atoms with Crippen molar-refractivity contribution in [3.63, 3.8) is 0 Å². The molecule has 0 fully saturated rings. The van der Waals surface area contributed by atoms with Crippen LogP contribution in [0.4, 0.5) is 0 Å². The first-order valence-corrected chi connectivity index (χ1v) is 6.37. The highest BCUT2D eigenvalue weighted by atomic mass is 16.5. The van der Waals surface area contributed by atoms with Crippen LogP contribution < -0.4 is 9.47 Å². The first-order chi connectivity index (χ1) is 8.62. The second-order valence-electron chi connectivity index (χ2n) is 4.59. The lowest BCUT2D eigenvalue weighted by Crippen LogP contribution is -2.08. The van der Waals surface area contributed by atoms with Crippen molar-refractivity contribution in [1.29, 1.82) is 0 Å². The van der Waals surface area contributed by atoms with Crippen molar-refractivity contribution in [2.24, 2.45) is 5.92 Å². The highest BCUT2D eigenvalue weighted by Gasteiger charge is 2.16. The van der Waals surface area contributed by atoms with E-state index in [9.17, 15) is 4.79 Å². The van der Waals surface area contributed by atoms with Gasteiger partial charge in [0.2, 0.25) is 0 Å². The highest BCUT2D eigenvalue weighted by Crippen LogP contribution is 2.26. The van der Waals surface area contributed by atoms with Crippen LogP contribution in [0.5, 0.6) is 11.5 Å². The Balaban J connectivity index is 2.88. The van der Waals surface area contributed by atoms with Gasteiger partial charge in [-0.2, -0.15) is 0 Å². The average molecular weight is 250 g/mol. The number of rotatable bonds is 7. The monoisotopic (exact) mass is 250 g/mol. The number of carbonyl (C=O) groups is 1. The molecule has 0 aliphatic carbocycles. The molecule has 0 amide bonds. The molecule has 0 aliphatic heterocycles. The Bertz CT molecular complexity index is 399. The summed E-state index contributed by atoms with van der Waals surface area (Å²) in [5.41, 5.74) is 0.611. The zero-order chi connectivity index (χ0) is 13.5. The van der Waals surface area contributed by atoms with Gasteiger partial charge in [0.05, 0.1) is 19.8 Å². The van der Waals surface area contributed by atoms with Crippen LogP contribution in [0.3, 0.4) is 0 Å². The largest absolute Gasteiger partial charge is 0.497 e. The van der Waals surface area contributed by atoms with Crippen LogP contribution in [0.25, 0.3) is 0 Å². The Morgan fingerprint density at radius 1 is 1.28 bits per heavy atom. The second kappa shape index (κ2) is 7.04. The maximum absolute atomic E-state index is 12.2. The molecular weight excluding hydrogens is 228 g/mol. The fourth-order valence-electron chi connectivity index (χ4n) is 2.05. The third-order valence-corrected chi connectivity index (χ3v) is 3.02. The zero-order valence-corrected chi connectivity index (χ0v) is 11.7. The van der Waals surface area contributed by atoms with E-state index >= 15 is 0 Å². The molecule has 18 heavy (non-hydrogen) atoms. The molecule has 1 rings (SSSR count). The van der Waals surface area contributed by atoms with Gasteiger partial charge in [-0.25, -0.2) is 0 Å². The summed E-state index contributed by atoms with van der Waals surface area (Å²) >= 11 is 0. The molecule has 0 radical (unpaired) electrons. The molecule has 0 N–H and O–H groups in total. The van der Waals surface area contributed by atoms with E-state index in [1.807, 2.05) is 0 Å². The number of methoxy groups -OCH3 is 2. The van der Waals surface area contributed by atoms with Crippen molar-refractivity contribution in [3.8, 4) is 11.5 Å². The van der Waals surface area contributed by atoms with Gasteiger partial charge in [0.25, 0.3) is 0 Å². The molecule has 0 bridgehead atoms. The molecule has 0 saturated heterocycles. The topological polar surface area (TPSA) is 35.5 Å². The predicted octanol–water partition coefficient (Wildman–Crippen LogP) is 3.71. The molecule has 1 unspecified atom stereocenters. The Labute approximate surface area is 109 Å². The summed E-state index contributed by atoms with van der Waals surface area (Å²) < 4.78 is 10.4. The summed E-state index contributed by atoms with van der Waals surface area (Å²) in [5, 5.41) is 0. The Morgan fingerprint density at radius 2 is 2.00 bits per heavy atom. The quantitative estimate of drug-likeness (QED) is 0.692. The Morgan fingerprint density at radius 3 is 2.56 bits per heavy atom. The van der Waals surface area contributed by atoms with E-state index in [0.717, 1.165) is 12.8 Å². The predicted molar refractivity (Wildman–Crippen MR) is 72.6 cm³/mol. The summed E-state index contributed by atoms with van der Waals surface area (Å²) in [6.07, 6.45) is 2.72. The molecule has 1 aromatic rings. The Kier molecular flexibility index (Phi) is 5.69. The van der Waals surface area contributed by atoms with Gasteiger partial charge in [-0.3, -0.25) is 4.79 Å². The molecule has 0 heterocycles. The molecular formula is C15H22O3. The molecule has 1 atom stereocenters. The van der Waals surface area contributed by atoms with Gasteiger partial charge in [-0.05, 0) is 24.1 Å². The third-order valence-electron chi connectivity index (χ3n) is 3.02. The standard InChI is InChI=1S/C15H22O3/c1-5-6-11(2)9-14(16)13-10-12(17-3)7-8-15(13)18-4/h7-8,10-11H,5-6,9H2,1-4H3. The van der Waals surface area contributed by atoms with Crippen LogP contribution in [-0.2, 0) is 0 Å². The lowest BCUT2D eigenvalue weighted by molar-refractivity contribution is 0.0959. The summed E-state index contributed by atoms with van der Waals surface area (Å²) in [6.45, 7) is 4.24. The van der Waals surface area contributed by atoms with Crippen molar-refractivity contribution in [3.05, 3.63) is 23.8 Å². The lowest BCUT2D eigenvalue weighted by Gasteiger charge is -2.12. The van der Waals surface area contributed by atoms with Crippen LogP contribution in [0, 0.1) is 5.92 Å². The summed E-state index contributed by atoms with van der Waals surface area (Å²) in [5.74, 6) is 1.82. The van der Waals surface area contributed by atoms with Crippen LogP contribution in [-0.4, -0.2) is 20.0 Å². The third kappa shape index (κ3) is 3.76. The van der Waals surface area contributed by atoms with Crippen molar-refractivity contribution in [1.82, 2.24) is 0 Å². The van der Waals surface area contributed by atoms with Crippen molar-refractivity contribution in [2.45, 2.75) is 33.1 Å². The molecule has 0 spiro atoms. The van der Waals surface area contributed by atoms with Crippen LogP contribution >= 0.6 is 0 Å². The van der Waals surface area contributed by atoms with Gasteiger partial charge in [0, 0.05) is 6.42 Å². The average Bonchev–Trinajstić information content (AvgIpc) is 2.38. The molecule has 0 saturated carbocycles. The molecule has 3 nitrogen and oxygen atoms in total. The van der Waals surface area contributed by atoms with Crippen molar-refractivity contribution in [2.75, 3.05) is 14.2 Å². The number of Topliss-reactive ketones (excluding diaryl/α,β-unsaturated/α-hetero) is 1. The van der Waals surface area contributed by atoms with E-state index in [2.05, 4.69) is 13.8 Å². The van der Waals surface area contributed by atoms with Gasteiger partial charge in [0.15, 0.2) is 5.78 Å². The maximum Gasteiger partial charge on any atom is 0.167 e.